The molecular formula is C18H34N4O. The van der Waals surface area contributed by atoms with E-state index in [1.165, 1.54) is 25.7 Å². The highest BCUT2D eigenvalue weighted by atomic mass is 16.2. The predicted molar refractivity (Wildman–Crippen MR) is 95.5 cm³/mol. The Kier molecular flexibility index (Phi) is 7.69. The van der Waals surface area contributed by atoms with Crippen molar-refractivity contribution in [1.29, 1.82) is 0 Å². The summed E-state index contributed by atoms with van der Waals surface area (Å²) in [6, 6.07) is 0. The first kappa shape index (κ1) is 18.1. The third kappa shape index (κ3) is 6.40. The fraction of sp³-hybridized carbons (Fsp3) is 0.889. The van der Waals surface area contributed by atoms with Gasteiger partial charge >= 0.3 is 0 Å². The number of guanidine groups is 1. The highest BCUT2D eigenvalue weighted by Crippen LogP contribution is 2.28. The van der Waals surface area contributed by atoms with Gasteiger partial charge in [0.15, 0.2) is 5.96 Å². The summed E-state index contributed by atoms with van der Waals surface area (Å²) in [6.45, 7) is 8.96. The Morgan fingerprint density at radius 1 is 1.30 bits per heavy atom. The van der Waals surface area contributed by atoms with Crippen molar-refractivity contribution < 1.29 is 4.79 Å². The van der Waals surface area contributed by atoms with Gasteiger partial charge in [-0.2, -0.15) is 0 Å². The van der Waals surface area contributed by atoms with E-state index >= 15 is 0 Å². The molecule has 0 aromatic heterocycles. The van der Waals surface area contributed by atoms with Crippen molar-refractivity contribution in [2.24, 2.45) is 16.8 Å². The van der Waals surface area contributed by atoms with Gasteiger partial charge in [-0.05, 0) is 44.4 Å². The molecule has 132 valence electrons. The van der Waals surface area contributed by atoms with Crippen LogP contribution in [0.1, 0.15) is 58.8 Å². The van der Waals surface area contributed by atoms with Crippen molar-refractivity contribution in [3.8, 4) is 0 Å². The number of hydrogen-bond acceptors (Lipinski definition) is 2. The zero-order valence-corrected chi connectivity index (χ0v) is 14.9. The average Bonchev–Trinajstić information content (AvgIpc) is 2.94. The molecule has 2 aliphatic rings. The number of nitrogens with zero attached hydrogens (tertiary/aromatic N) is 2. The van der Waals surface area contributed by atoms with Gasteiger partial charge in [-0.15, -0.1) is 0 Å². The minimum atomic E-state index is 0.317. The van der Waals surface area contributed by atoms with Crippen LogP contribution in [-0.2, 0) is 4.79 Å². The maximum atomic E-state index is 11.6. The second-order valence-electron chi connectivity index (χ2n) is 7.12. The van der Waals surface area contributed by atoms with Gasteiger partial charge in [-0.3, -0.25) is 9.79 Å². The lowest BCUT2D eigenvalue weighted by atomic mass is 9.82. The Labute approximate surface area is 141 Å². The van der Waals surface area contributed by atoms with Crippen LogP contribution in [0.5, 0.6) is 0 Å². The van der Waals surface area contributed by atoms with E-state index in [0.717, 1.165) is 69.8 Å². The molecule has 0 bridgehead atoms. The Bertz CT molecular complexity index is 396. The molecule has 2 atom stereocenters. The summed E-state index contributed by atoms with van der Waals surface area (Å²) in [6.07, 6.45) is 8.12. The predicted octanol–water partition coefficient (Wildman–Crippen LogP) is 2.38. The number of carbonyl (C=O) groups is 1. The molecule has 2 N–H and O–H groups in total. The molecule has 1 amide bonds. The van der Waals surface area contributed by atoms with E-state index in [9.17, 15) is 4.79 Å². The first-order valence-corrected chi connectivity index (χ1v) is 9.49. The molecule has 1 aliphatic heterocycles. The summed E-state index contributed by atoms with van der Waals surface area (Å²) in [7, 11) is 0. The number of amides is 1. The van der Waals surface area contributed by atoms with Crippen LogP contribution in [0.15, 0.2) is 4.99 Å². The smallest absolute Gasteiger partial charge is 0.222 e. The highest BCUT2D eigenvalue weighted by Gasteiger charge is 2.19. The normalized spacial score (nSPS) is 25.7. The second kappa shape index (κ2) is 9.78. The van der Waals surface area contributed by atoms with Crippen LogP contribution in [0, 0.1) is 11.8 Å². The molecule has 1 saturated carbocycles. The third-order valence-corrected chi connectivity index (χ3v) is 4.97. The Morgan fingerprint density at radius 2 is 2.17 bits per heavy atom. The number of hydrogen-bond donors (Lipinski definition) is 2. The molecule has 5 nitrogen and oxygen atoms in total. The van der Waals surface area contributed by atoms with Crippen molar-refractivity contribution in [2.45, 2.75) is 58.8 Å². The zero-order chi connectivity index (χ0) is 16.5. The molecule has 1 saturated heterocycles. The topological polar surface area (TPSA) is 56.7 Å². The summed E-state index contributed by atoms with van der Waals surface area (Å²) in [5.74, 6) is 2.85. The summed E-state index contributed by atoms with van der Waals surface area (Å²) in [5.41, 5.74) is 0. The fourth-order valence-electron chi connectivity index (χ4n) is 3.70. The van der Waals surface area contributed by atoms with E-state index in [4.69, 9.17) is 4.99 Å². The van der Waals surface area contributed by atoms with Crippen molar-refractivity contribution in [3.05, 3.63) is 0 Å². The number of aliphatic imine (C=N–C) groups is 1. The van der Waals surface area contributed by atoms with Crippen LogP contribution >= 0.6 is 0 Å². The van der Waals surface area contributed by atoms with Crippen LogP contribution in [0.25, 0.3) is 0 Å². The van der Waals surface area contributed by atoms with Gasteiger partial charge in [0.25, 0.3) is 0 Å². The van der Waals surface area contributed by atoms with E-state index in [1.54, 1.807) is 0 Å². The molecule has 2 rings (SSSR count). The van der Waals surface area contributed by atoms with Crippen molar-refractivity contribution >= 4 is 11.9 Å². The summed E-state index contributed by atoms with van der Waals surface area (Å²) in [4.78, 5) is 18.3. The highest BCUT2D eigenvalue weighted by molar-refractivity contribution is 5.79. The van der Waals surface area contributed by atoms with Crippen molar-refractivity contribution in [1.82, 2.24) is 15.5 Å². The molecule has 0 aromatic carbocycles. The van der Waals surface area contributed by atoms with Gasteiger partial charge < -0.3 is 15.5 Å². The van der Waals surface area contributed by atoms with Gasteiger partial charge in [0, 0.05) is 39.1 Å². The number of rotatable bonds is 7. The van der Waals surface area contributed by atoms with Crippen LogP contribution in [0.4, 0.5) is 0 Å². The van der Waals surface area contributed by atoms with E-state index < -0.39 is 0 Å². The molecule has 0 spiro atoms. The monoisotopic (exact) mass is 322 g/mol. The maximum absolute atomic E-state index is 11.6. The minimum absolute atomic E-state index is 0.317. The summed E-state index contributed by atoms with van der Waals surface area (Å²) < 4.78 is 0. The second-order valence-corrected chi connectivity index (χ2v) is 7.12. The quantitative estimate of drug-likeness (QED) is 0.430. The number of nitrogens with one attached hydrogen (secondary N) is 2. The standard InChI is InChI=1S/C18H34N4O/c1-3-19-18(21-14-16-8-4-7-15(2)13-16)20-10-6-12-22-11-5-9-17(22)23/h15-16H,3-14H2,1-2H3,(H2,19,20,21). The van der Waals surface area contributed by atoms with E-state index in [1.807, 2.05) is 4.90 Å². The molecule has 1 aliphatic carbocycles. The van der Waals surface area contributed by atoms with Crippen molar-refractivity contribution in [2.75, 3.05) is 32.7 Å². The lowest BCUT2D eigenvalue weighted by Crippen LogP contribution is -2.39. The Balaban J connectivity index is 1.67. The van der Waals surface area contributed by atoms with Crippen LogP contribution < -0.4 is 10.6 Å². The van der Waals surface area contributed by atoms with E-state index in [0.29, 0.717) is 5.91 Å². The van der Waals surface area contributed by atoms with Gasteiger partial charge in [-0.1, -0.05) is 19.8 Å². The van der Waals surface area contributed by atoms with Crippen molar-refractivity contribution in [3.63, 3.8) is 0 Å². The Morgan fingerprint density at radius 3 is 2.87 bits per heavy atom. The molecule has 5 heteroatoms. The van der Waals surface area contributed by atoms with Gasteiger partial charge in [-0.25, -0.2) is 0 Å². The molecular weight excluding hydrogens is 288 g/mol. The largest absolute Gasteiger partial charge is 0.357 e. The maximum Gasteiger partial charge on any atom is 0.222 e. The summed E-state index contributed by atoms with van der Waals surface area (Å²) >= 11 is 0. The molecule has 2 fully saturated rings. The van der Waals surface area contributed by atoms with E-state index in [2.05, 4.69) is 24.5 Å². The SMILES string of the molecule is CCNC(=NCC1CCCC(C)C1)NCCCN1CCCC1=O. The van der Waals surface area contributed by atoms with Crippen LogP contribution in [-0.4, -0.2) is 49.5 Å². The van der Waals surface area contributed by atoms with Gasteiger partial charge in [0.05, 0.1) is 0 Å². The van der Waals surface area contributed by atoms with Crippen LogP contribution in [0.3, 0.4) is 0 Å². The fourth-order valence-corrected chi connectivity index (χ4v) is 3.70. The van der Waals surface area contributed by atoms with Gasteiger partial charge in [0.1, 0.15) is 0 Å². The van der Waals surface area contributed by atoms with Gasteiger partial charge in [0.2, 0.25) is 5.91 Å². The lowest BCUT2D eigenvalue weighted by molar-refractivity contribution is -0.127. The Hall–Kier alpha value is -1.26. The summed E-state index contributed by atoms with van der Waals surface area (Å²) in [5, 5.41) is 6.74. The molecule has 1 heterocycles. The van der Waals surface area contributed by atoms with E-state index in [-0.39, 0.29) is 0 Å². The molecule has 0 radical (unpaired) electrons. The number of likely N-dealkylation sites (tertiary alicyclic amines) is 1. The zero-order valence-electron chi connectivity index (χ0n) is 14.9. The van der Waals surface area contributed by atoms with Crippen LogP contribution in [0.2, 0.25) is 0 Å². The first-order chi connectivity index (χ1) is 11.2. The minimum Gasteiger partial charge on any atom is -0.357 e. The molecule has 23 heavy (non-hydrogen) atoms. The lowest BCUT2D eigenvalue weighted by Gasteiger charge is -2.25. The molecule has 0 aromatic rings. The molecule has 2 unspecified atom stereocenters. The third-order valence-electron chi connectivity index (χ3n) is 4.97. The number of carbonyl (C=O) groups excluding carboxylic acids is 1. The first-order valence-electron chi connectivity index (χ1n) is 9.49. The average molecular weight is 322 g/mol.